The number of fused-ring (bicyclic) bond motifs is 1. The summed E-state index contributed by atoms with van der Waals surface area (Å²) in [5.41, 5.74) is 2.59. The van der Waals surface area contributed by atoms with Crippen LogP contribution in [0.2, 0.25) is 18.1 Å². The number of pyridine rings is 1. The lowest BCUT2D eigenvalue weighted by Gasteiger charge is -2.39. The van der Waals surface area contributed by atoms with Crippen molar-refractivity contribution in [3.05, 3.63) is 64.2 Å². The van der Waals surface area contributed by atoms with Crippen molar-refractivity contribution in [3.63, 3.8) is 0 Å². The lowest BCUT2D eigenvalue weighted by Crippen LogP contribution is -2.44. The standard InChI is InChI=1S/C36H51N7O3Si/c1-24(2)42-32(44)27-23-37-33(38-26-14-15-28(25(3)22-26)45-35(7)18-20-41(8)21-19-35)40-31(27)43(42)30-13-11-12-29(39-30)36(16-17-36)46-47(9,10)34(4,5)6/h11-15,22-24H,16-21H2,1-10H3,(H,37,38,40). The van der Waals surface area contributed by atoms with Gasteiger partial charge in [0.25, 0.3) is 5.56 Å². The van der Waals surface area contributed by atoms with Gasteiger partial charge in [-0.1, -0.05) is 26.8 Å². The lowest BCUT2D eigenvalue weighted by molar-refractivity contribution is 0.0235. The quantitative estimate of drug-likeness (QED) is 0.185. The largest absolute Gasteiger partial charge is 0.487 e. The molecular weight excluding hydrogens is 607 g/mol. The number of aryl methyl sites for hydroxylation is 1. The number of benzene rings is 1. The molecule has 0 amide bonds. The Balaban J connectivity index is 1.32. The molecular formula is C36H51N7O3Si. The van der Waals surface area contributed by atoms with Crippen LogP contribution in [0.5, 0.6) is 5.75 Å². The summed E-state index contributed by atoms with van der Waals surface area (Å²) < 4.78 is 17.0. The van der Waals surface area contributed by atoms with Crippen LogP contribution in [0.4, 0.5) is 11.6 Å². The number of piperidine rings is 1. The van der Waals surface area contributed by atoms with E-state index in [2.05, 4.69) is 82.1 Å². The van der Waals surface area contributed by atoms with Crippen LogP contribution in [0.3, 0.4) is 0 Å². The Bertz CT molecular complexity index is 1840. The second-order valence-corrected chi connectivity index (χ2v) is 20.4. The van der Waals surface area contributed by atoms with Gasteiger partial charge in [-0.05, 0) is 114 Å². The zero-order valence-corrected chi connectivity index (χ0v) is 30.8. The predicted octanol–water partition coefficient (Wildman–Crippen LogP) is 7.48. The molecule has 1 saturated carbocycles. The van der Waals surface area contributed by atoms with E-state index in [4.69, 9.17) is 19.1 Å². The fraction of sp³-hybridized carbons (Fsp3) is 0.556. The predicted molar refractivity (Wildman–Crippen MR) is 191 cm³/mol. The number of aromatic nitrogens is 5. The first-order valence-corrected chi connectivity index (χ1v) is 19.9. The van der Waals surface area contributed by atoms with Gasteiger partial charge in [0.1, 0.15) is 16.7 Å². The lowest BCUT2D eigenvalue weighted by atomic mass is 9.93. The highest BCUT2D eigenvalue weighted by atomic mass is 28.4. The number of hydrogen-bond acceptors (Lipinski definition) is 8. The second-order valence-electron chi connectivity index (χ2n) is 15.7. The number of nitrogens with one attached hydrogen (secondary N) is 1. The molecule has 6 rings (SSSR count). The van der Waals surface area contributed by atoms with Crippen molar-refractivity contribution in [3.8, 4) is 11.6 Å². The van der Waals surface area contributed by atoms with Gasteiger partial charge in [0, 0.05) is 31.0 Å². The second kappa shape index (κ2) is 11.9. The number of anilines is 2. The molecule has 10 nitrogen and oxygen atoms in total. The summed E-state index contributed by atoms with van der Waals surface area (Å²) in [6.45, 7) is 21.7. The first-order valence-electron chi connectivity index (χ1n) is 16.9. The highest BCUT2D eigenvalue weighted by Gasteiger charge is 2.53. The van der Waals surface area contributed by atoms with Crippen molar-refractivity contribution in [2.45, 2.75) is 110 Å². The summed E-state index contributed by atoms with van der Waals surface area (Å²) in [6, 6.07) is 11.9. The van der Waals surface area contributed by atoms with Crippen LogP contribution >= 0.6 is 0 Å². The van der Waals surface area contributed by atoms with Crippen LogP contribution in [0.15, 0.2) is 47.4 Å². The minimum atomic E-state index is -2.04. The number of ether oxygens (including phenoxy) is 1. The molecule has 1 aromatic carbocycles. The van der Waals surface area contributed by atoms with Crippen LogP contribution in [-0.4, -0.2) is 63.3 Å². The van der Waals surface area contributed by atoms with Crippen LogP contribution in [0, 0.1) is 6.92 Å². The molecule has 4 heterocycles. The Labute approximate surface area is 279 Å². The van der Waals surface area contributed by atoms with Gasteiger partial charge in [-0.3, -0.25) is 4.79 Å². The molecule has 1 N–H and O–H groups in total. The van der Waals surface area contributed by atoms with E-state index in [0.717, 1.165) is 61.5 Å². The Kier molecular flexibility index (Phi) is 8.41. The van der Waals surface area contributed by atoms with Gasteiger partial charge in [0.2, 0.25) is 5.95 Å². The van der Waals surface area contributed by atoms with E-state index >= 15 is 0 Å². The summed E-state index contributed by atoms with van der Waals surface area (Å²) in [5, 5.41) is 3.90. The zero-order valence-electron chi connectivity index (χ0n) is 29.8. The van der Waals surface area contributed by atoms with Crippen LogP contribution in [-0.2, 0) is 10.0 Å². The molecule has 4 aromatic rings. The molecule has 2 fully saturated rings. The highest BCUT2D eigenvalue weighted by molar-refractivity contribution is 6.74. The van der Waals surface area contributed by atoms with Gasteiger partial charge in [-0.2, -0.15) is 4.98 Å². The summed E-state index contributed by atoms with van der Waals surface area (Å²) in [5.74, 6) is 1.93. The summed E-state index contributed by atoms with van der Waals surface area (Å²) in [6.07, 6.45) is 5.49. The fourth-order valence-corrected chi connectivity index (χ4v) is 7.73. The van der Waals surface area contributed by atoms with Crippen molar-refractivity contribution in [1.29, 1.82) is 0 Å². The average molecular weight is 658 g/mol. The van der Waals surface area contributed by atoms with Crippen molar-refractivity contribution < 1.29 is 9.16 Å². The van der Waals surface area contributed by atoms with E-state index in [-0.39, 0.29) is 27.8 Å². The normalized spacial score (nSPS) is 18.1. The Morgan fingerprint density at radius 1 is 1.02 bits per heavy atom. The molecule has 252 valence electrons. The molecule has 0 spiro atoms. The first kappa shape index (κ1) is 33.4. The monoisotopic (exact) mass is 657 g/mol. The third kappa shape index (κ3) is 6.49. The molecule has 0 unspecified atom stereocenters. The van der Waals surface area contributed by atoms with Gasteiger partial charge >= 0.3 is 0 Å². The zero-order chi connectivity index (χ0) is 33.9. The maximum atomic E-state index is 13.7. The first-order chi connectivity index (χ1) is 22.0. The summed E-state index contributed by atoms with van der Waals surface area (Å²) in [4.78, 5) is 30.6. The van der Waals surface area contributed by atoms with Gasteiger partial charge in [0.05, 0.1) is 11.3 Å². The average Bonchev–Trinajstić information content (AvgIpc) is 3.71. The molecule has 0 bridgehead atoms. The molecule has 1 aliphatic heterocycles. The number of rotatable bonds is 9. The Morgan fingerprint density at radius 2 is 1.72 bits per heavy atom. The maximum absolute atomic E-state index is 13.7. The molecule has 11 heteroatoms. The molecule has 0 atom stereocenters. The number of likely N-dealkylation sites (tertiary alicyclic amines) is 1. The smallest absolute Gasteiger partial charge is 0.278 e. The maximum Gasteiger partial charge on any atom is 0.278 e. The van der Waals surface area contributed by atoms with Crippen molar-refractivity contribution in [2.75, 3.05) is 25.5 Å². The summed E-state index contributed by atoms with van der Waals surface area (Å²) in [7, 11) is 0.121. The van der Waals surface area contributed by atoms with Crippen LogP contribution in [0.1, 0.15) is 84.5 Å². The SMILES string of the molecule is Cc1cc(Nc2ncc3c(=O)n(C(C)C)n(-c4cccc(C5(O[Si](C)(C)C(C)(C)C)CC5)n4)c3n2)ccc1OC1(C)CCN(C)CC1. The van der Waals surface area contributed by atoms with Gasteiger partial charge in [-0.25, -0.2) is 19.3 Å². The topological polar surface area (TPSA) is 99.3 Å². The Morgan fingerprint density at radius 3 is 2.34 bits per heavy atom. The molecule has 3 aromatic heterocycles. The van der Waals surface area contributed by atoms with Crippen molar-refractivity contribution in [1.82, 2.24) is 29.2 Å². The molecule has 47 heavy (non-hydrogen) atoms. The number of nitrogens with zero attached hydrogens (tertiary/aromatic N) is 6. The fourth-order valence-electron chi connectivity index (χ4n) is 6.14. The molecule has 1 aliphatic carbocycles. The van der Waals surface area contributed by atoms with Crippen molar-refractivity contribution >= 4 is 31.0 Å². The number of hydrogen-bond donors (Lipinski definition) is 1. The molecule has 0 radical (unpaired) electrons. The molecule has 2 aliphatic rings. The minimum absolute atomic E-state index is 0.0893. The van der Waals surface area contributed by atoms with E-state index < -0.39 is 8.32 Å². The summed E-state index contributed by atoms with van der Waals surface area (Å²) >= 11 is 0. The van der Waals surface area contributed by atoms with E-state index in [1.165, 1.54) is 0 Å². The minimum Gasteiger partial charge on any atom is -0.487 e. The molecule has 1 saturated heterocycles. The van der Waals surface area contributed by atoms with Gasteiger partial charge in [-0.15, -0.1) is 0 Å². The van der Waals surface area contributed by atoms with Gasteiger partial charge in [0.15, 0.2) is 19.8 Å². The Hall–Kier alpha value is -3.54. The highest BCUT2D eigenvalue weighted by Crippen LogP contribution is 2.53. The van der Waals surface area contributed by atoms with E-state index in [1.54, 1.807) is 10.9 Å². The van der Waals surface area contributed by atoms with Gasteiger partial charge < -0.3 is 19.4 Å². The van der Waals surface area contributed by atoms with E-state index in [0.29, 0.717) is 22.8 Å². The third-order valence-corrected chi connectivity index (χ3v) is 14.8. The van der Waals surface area contributed by atoms with E-state index in [9.17, 15) is 4.79 Å². The van der Waals surface area contributed by atoms with Crippen LogP contribution in [0.25, 0.3) is 16.9 Å². The third-order valence-electron chi connectivity index (χ3n) is 10.3. The van der Waals surface area contributed by atoms with Crippen molar-refractivity contribution in [2.24, 2.45) is 0 Å². The van der Waals surface area contributed by atoms with Crippen LogP contribution < -0.4 is 15.6 Å². The van der Waals surface area contributed by atoms with E-state index in [1.807, 2.05) is 42.8 Å².